The van der Waals surface area contributed by atoms with Gasteiger partial charge in [-0.25, -0.2) is 4.98 Å². The molecule has 1 aromatic carbocycles. The molecular formula is C12H10BrN3O2S2. The molecule has 1 unspecified atom stereocenters. The minimum absolute atomic E-state index is 0.391. The predicted molar refractivity (Wildman–Crippen MR) is 81.1 cm³/mol. The molecule has 0 radical (unpaired) electrons. The second-order valence-electron chi connectivity index (χ2n) is 4.19. The van der Waals surface area contributed by atoms with E-state index in [1.807, 2.05) is 13.0 Å². The topological polar surface area (TPSA) is 75.1 Å². The van der Waals surface area contributed by atoms with Crippen LogP contribution in [0.3, 0.4) is 0 Å². The number of hydrogen-bond donors (Lipinski definition) is 2. The van der Waals surface area contributed by atoms with Crippen molar-refractivity contribution in [1.82, 2.24) is 9.36 Å². The quantitative estimate of drug-likeness (QED) is 0.867. The number of nitrogens with zero attached hydrogens (tertiary/aromatic N) is 2. The van der Waals surface area contributed by atoms with Crippen molar-refractivity contribution in [3.63, 3.8) is 0 Å². The molecule has 1 aliphatic rings. The Balaban J connectivity index is 1.91. The van der Waals surface area contributed by atoms with Crippen LogP contribution in [0.2, 0.25) is 0 Å². The molecule has 0 saturated heterocycles. The van der Waals surface area contributed by atoms with Gasteiger partial charge < -0.3 is 10.4 Å². The number of aryl methyl sites for hydroxylation is 1. The van der Waals surface area contributed by atoms with Crippen molar-refractivity contribution < 1.29 is 9.90 Å². The molecule has 2 heterocycles. The molecule has 0 spiro atoms. The maximum atomic E-state index is 11.5. The molecule has 2 N–H and O–H groups in total. The zero-order valence-corrected chi connectivity index (χ0v) is 13.6. The Bertz CT molecular complexity index is 689. The summed E-state index contributed by atoms with van der Waals surface area (Å²) in [4.78, 5) is 16.8. The highest BCUT2D eigenvalue weighted by molar-refractivity contribution is 9.10. The van der Waals surface area contributed by atoms with Crippen molar-refractivity contribution in [3.05, 3.63) is 28.0 Å². The predicted octanol–water partition coefficient (Wildman–Crippen LogP) is 3.00. The SMILES string of the molecule is CCc1nsc(Sc2cc3c(cc2Br)C(O)C(=O)N3)n1. The lowest BCUT2D eigenvalue weighted by Gasteiger charge is -2.06. The Kier molecular flexibility index (Phi) is 3.80. The lowest BCUT2D eigenvalue weighted by molar-refractivity contribution is -0.123. The summed E-state index contributed by atoms with van der Waals surface area (Å²) in [6.45, 7) is 2.01. The average Bonchev–Trinajstić information content (AvgIpc) is 2.98. The molecule has 1 aromatic heterocycles. The molecule has 104 valence electrons. The van der Waals surface area contributed by atoms with E-state index in [1.54, 1.807) is 6.07 Å². The van der Waals surface area contributed by atoms with E-state index in [-0.39, 0.29) is 0 Å². The van der Waals surface area contributed by atoms with Crippen LogP contribution in [0.4, 0.5) is 5.69 Å². The Morgan fingerprint density at radius 3 is 3.05 bits per heavy atom. The van der Waals surface area contributed by atoms with Gasteiger partial charge in [0.2, 0.25) is 0 Å². The molecule has 1 atom stereocenters. The number of carbonyl (C=O) groups is 1. The first-order valence-electron chi connectivity index (χ1n) is 5.91. The van der Waals surface area contributed by atoms with Crippen molar-refractivity contribution in [1.29, 1.82) is 0 Å². The maximum Gasteiger partial charge on any atom is 0.257 e. The Morgan fingerprint density at radius 1 is 1.55 bits per heavy atom. The molecule has 8 heteroatoms. The lowest BCUT2D eigenvalue weighted by Crippen LogP contribution is -2.10. The largest absolute Gasteiger partial charge is 0.378 e. The fourth-order valence-electron chi connectivity index (χ4n) is 1.84. The van der Waals surface area contributed by atoms with E-state index in [1.165, 1.54) is 23.3 Å². The number of halogens is 1. The molecular weight excluding hydrogens is 362 g/mol. The summed E-state index contributed by atoms with van der Waals surface area (Å²) in [7, 11) is 0. The normalized spacial score (nSPS) is 17.1. The fraction of sp³-hybridized carbons (Fsp3) is 0.250. The minimum atomic E-state index is -1.09. The van der Waals surface area contributed by atoms with Crippen LogP contribution in [-0.2, 0) is 11.2 Å². The summed E-state index contributed by atoms with van der Waals surface area (Å²) < 4.78 is 5.92. The summed E-state index contributed by atoms with van der Waals surface area (Å²) in [6.07, 6.45) is -0.279. The van der Waals surface area contributed by atoms with Gasteiger partial charge in [0.1, 0.15) is 5.82 Å². The van der Waals surface area contributed by atoms with Crippen LogP contribution in [0.1, 0.15) is 24.4 Å². The monoisotopic (exact) mass is 371 g/mol. The minimum Gasteiger partial charge on any atom is -0.378 e. The smallest absolute Gasteiger partial charge is 0.257 e. The van der Waals surface area contributed by atoms with E-state index in [0.29, 0.717) is 11.3 Å². The third-order valence-electron chi connectivity index (χ3n) is 2.87. The number of carbonyl (C=O) groups excluding carboxylic acids is 1. The molecule has 0 aliphatic carbocycles. The van der Waals surface area contributed by atoms with Crippen LogP contribution < -0.4 is 5.32 Å². The first-order chi connectivity index (χ1) is 9.58. The highest BCUT2D eigenvalue weighted by Gasteiger charge is 2.29. The van der Waals surface area contributed by atoms with Crippen molar-refractivity contribution in [2.24, 2.45) is 0 Å². The van der Waals surface area contributed by atoms with Gasteiger partial charge in [0.15, 0.2) is 10.4 Å². The average molecular weight is 372 g/mol. The van der Waals surface area contributed by atoms with E-state index in [4.69, 9.17) is 0 Å². The maximum absolute atomic E-state index is 11.5. The number of anilines is 1. The van der Waals surface area contributed by atoms with Crippen LogP contribution in [0.5, 0.6) is 0 Å². The fourth-order valence-corrected chi connectivity index (χ4v) is 4.15. The molecule has 3 rings (SSSR count). The third-order valence-corrected chi connectivity index (χ3v) is 5.63. The van der Waals surface area contributed by atoms with Crippen molar-refractivity contribution in [2.45, 2.75) is 28.7 Å². The second-order valence-corrected chi connectivity index (χ2v) is 7.09. The number of aliphatic hydroxyl groups excluding tert-OH is 1. The van der Waals surface area contributed by atoms with E-state index < -0.39 is 12.0 Å². The standard InChI is InChI=1S/C12H10BrN3O2S2/c1-2-9-15-12(20-16-9)19-8-4-7-5(3-6(8)13)10(17)11(18)14-7/h3-4,10,17H,2H2,1H3,(H,14,18). The second kappa shape index (κ2) is 5.44. The van der Waals surface area contributed by atoms with Crippen LogP contribution in [0.25, 0.3) is 0 Å². The summed E-state index contributed by atoms with van der Waals surface area (Å²) in [6, 6.07) is 3.60. The van der Waals surface area contributed by atoms with Gasteiger partial charge in [0.25, 0.3) is 5.91 Å². The number of rotatable bonds is 3. The highest BCUT2D eigenvalue weighted by Crippen LogP contribution is 2.41. The molecule has 1 aliphatic heterocycles. The molecule has 0 saturated carbocycles. The molecule has 1 amide bonds. The molecule has 20 heavy (non-hydrogen) atoms. The molecule has 0 bridgehead atoms. The number of benzene rings is 1. The number of amides is 1. The van der Waals surface area contributed by atoms with Crippen molar-refractivity contribution >= 4 is 50.8 Å². The van der Waals surface area contributed by atoms with Gasteiger partial charge in [0, 0.05) is 27.0 Å². The number of aliphatic hydroxyl groups is 1. The summed E-state index contributed by atoms with van der Waals surface area (Å²) >= 11 is 6.30. The molecule has 2 aromatic rings. The van der Waals surface area contributed by atoms with Crippen LogP contribution >= 0.6 is 39.2 Å². The summed E-state index contributed by atoms with van der Waals surface area (Å²) in [5.41, 5.74) is 1.24. The number of aromatic nitrogens is 2. The highest BCUT2D eigenvalue weighted by atomic mass is 79.9. The van der Waals surface area contributed by atoms with Gasteiger partial charge in [-0.1, -0.05) is 18.7 Å². The van der Waals surface area contributed by atoms with E-state index in [0.717, 1.165) is 26.0 Å². The molecule has 5 nitrogen and oxygen atoms in total. The first-order valence-corrected chi connectivity index (χ1v) is 8.29. The zero-order chi connectivity index (χ0) is 14.3. The number of fused-ring (bicyclic) bond motifs is 1. The van der Waals surface area contributed by atoms with Crippen molar-refractivity contribution in [3.8, 4) is 0 Å². The Labute approximate surface area is 132 Å². The van der Waals surface area contributed by atoms with Gasteiger partial charge in [-0.2, -0.15) is 4.37 Å². The van der Waals surface area contributed by atoms with Gasteiger partial charge in [-0.3, -0.25) is 4.79 Å². The lowest BCUT2D eigenvalue weighted by atomic mass is 10.1. The molecule has 0 fully saturated rings. The number of nitrogens with one attached hydrogen (secondary N) is 1. The van der Waals surface area contributed by atoms with E-state index >= 15 is 0 Å². The van der Waals surface area contributed by atoms with E-state index in [9.17, 15) is 9.90 Å². The van der Waals surface area contributed by atoms with Crippen LogP contribution in [0, 0.1) is 0 Å². The summed E-state index contributed by atoms with van der Waals surface area (Å²) in [5.74, 6) is 0.441. The number of hydrogen-bond acceptors (Lipinski definition) is 6. The van der Waals surface area contributed by atoms with Gasteiger partial charge in [0.05, 0.1) is 0 Å². The van der Waals surface area contributed by atoms with Crippen molar-refractivity contribution in [2.75, 3.05) is 5.32 Å². The van der Waals surface area contributed by atoms with Crippen LogP contribution in [0.15, 0.2) is 25.8 Å². The third kappa shape index (κ3) is 2.48. The first kappa shape index (κ1) is 14.0. The van der Waals surface area contributed by atoms with E-state index in [2.05, 4.69) is 30.6 Å². The van der Waals surface area contributed by atoms with Gasteiger partial charge in [-0.05, 0) is 39.6 Å². The zero-order valence-electron chi connectivity index (χ0n) is 10.4. The van der Waals surface area contributed by atoms with Gasteiger partial charge >= 0.3 is 0 Å². The Hall–Kier alpha value is -0.960. The van der Waals surface area contributed by atoms with Gasteiger partial charge in [-0.15, -0.1) is 0 Å². The van der Waals surface area contributed by atoms with Crippen LogP contribution in [-0.4, -0.2) is 20.4 Å². The summed E-state index contributed by atoms with van der Waals surface area (Å²) in [5, 5.41) is 12.4. The Morgan fingerprint density at radius 2 is 2.35 bits per heavy atom.